The van der Waals surface area contributed by atoms with Crippen LogP contribution in [0.5, 0.6) is 5.75 Å². The van der Waals surface area contributed by atoms with Gasteiger partial charge in [0.05, 0.1) is 17.2 Å². The van der Waals surface area contributed by atoms with Gasteiger partial charge in [0.2, 0.25) is 0 Å². The number of rotatable bonds is 7. The molecule has 0 saturated heterocycles. The zero-order chi connectivity index (χ0) is 23.4. The predicted molar refractivity (Wildman–Crippen MR) is 131 cm³/mol. The Hall–Kier alpha value is -4.11. The summed E-state index contributed by atoms with van der Waals surface area (Å²) in [6.45, 7) is 5.27. The Labute approximate surface area is 193 Å². The first-order valence-corrected chi connectivity index (χ1v) is 10.8. The van der Waals surface area contributed by atoms with E-state index in [9.17, 15) is 10.1 Å². The van der Waals surface area contributed by atoms with E-state index in [0.29, 0.717) is 30.4 Å². The first kappa shape index (κ1) is 22.1. The van der Waals surface area contributed by atoms with Gasteiger partial charge in [-0.05, 0) is 29.7 Å². The fourth-order valence-corrected chi connectivity index (χ4v) is 3.95. The summed E-state index contributed by atoms with van der Waals surface area (Å²) in [6, 6.07) is 21.0. The molecule has 1 aliphatic rings. The summed E-state index contributed by atoms with van der Waals surface area (Å²) in [5.74, 6) is 3.59. The highest BCUT2D eigenvalue weighted by atomic mass is 16.6. The van der Waals surface area contributed by atoms with Gasteiger partial charge in [-0.2, -0.15) is 0 Å². The normalized spacial score (nSPS) is 12.7. The zero-order valence-corrected chi connectivity index (χ0v) is 18.7. The summed E-state index contributed by atoms with van der Waals surface area (Å²) in [4.78, 5) is 18.1. The third kappa shape index (κ3) is 4.73. The SMILES string of the molecule is C#CCOc1ccc2c(c1)C(c1ccc(C(C)C)cc1)=NCN2Cc1ccccc1[N+](=O)[O-]. The van der Waals surface area contributed by atoms with E-state index < -0.39 is 0 Å². The van der Waals surface area contributed by atoms with Gasteiger partial charge in [-0.15, -0.1) is 6.42 Å². The summed E-state index contributed by atoms with van der Waals surface area (Å²) >= 11 is 0. The molecule has 0 fully saturated rings. The molecule has 3 aromatic carbocycles. The highest BCUT2D eigenvalue weighted by molar-refractivity contribution is 6.17. The van der Waals surface area contributed by atoms with Gasteiger partial charge < -0.3 is 9.64 Å². The van der Waals surface area contributed by atoms with Crippen molar-refractivity contribution >= 4 is 17.1 Å². The summed E-state index contributed by atoms with van der Waals surface area (Å²) in [7, 11) is 0. The molecule has 6 heteroatoms. The number of aliphatic imine (C=N–C) groups is 1. The summed E-state index contributed by atoms with van der Waals surface area (Å²) in [5.41, 5.74) is 5.74. The fourth-order valence-electron chi connectivity index (χ4n) is 3.95. The molecule has 0 radical (unpaired) electrons. The number of terminal acetylenes is 1. The highest BCUT2D eigenvalue weighted by Gasteiger charge is 2.24. The predicted octanol–water partition coefficient (Wildman–Crippen LogP) is 5.55. The second-order valence-electron chi connectivity index (χ2n) is 8.18. The number of anilines is 1. The van der Waals surface area contributed by atoms with Crippen LogP contribution in [0.1, 0.15) is 42.0 Å². The minimum atomic E-state index is -0.345. The molecule has 0 N–H and O–H groups in total. The summed E-state index contributed by atoms with van der Waals surface area (Å²) in [5, 5.41) is 11.5. The Kier molecular flexibility index (Phi) is 6.41. The number of fused-ring (bicyclic) bond motifs is 1. The van der Waals surface area contributed by atoms with Crippen LogP contribution in [0.3, 0.4) is 0 Å². The molecule has 0 atom stereocenters. The van der Waals surface area contributed by atoms with Gasteiger partial charge in [0.25, 0.3) is 5.69 Å². The van der Waals surface area contributed by atoms with Crippen molar-refractivity contribution in [2.75, 3.05) is 18.2 Å². The Bertz CT molecular complexity index is 1240. The number of hydrogen-bond acceptors (Lipinski definition) is 5. The maximum absolute atomic E-state index is 11.5. The molecule has 1 aliphatic heterocycles. The van der Waals surface area contributed by atoms with Crippen molar-refractivity contribution in [1.82, 2.24) is 0 Å². The van der Waals surface area contributed by atoms with E-state index >= 15 is 0 Å². The van der Waals surface area contributed by atoms with Crippen LogP contribution in [-0.2, 0) is 6.54 Å². The van der Waals surface area contributed by atoms with E-state index in [1.54, 1.807) is 12.1 Å². The number of nitro benzene ring substituents is 1. The molecular weight excluding hydrogens is 414 g/mol. The molecule has 6 nitrogen and oxygen atoms in total. The van der Waals surface area contributed by atoms with E-state index in [1.807, 2.05) is 29.2 Å². The van der Waals surface area contributed by atoms with Gasteiger partial charge in [-0.1, -0.05) is 62.2 Å². The minimum Gasteiger partial charge on any atom is -0.481 e. The van der Waals surface area contributed by atoms with Crippen molar-refractivity contribution in [3.63, 3.8) is 0 Å². The van der Waals surface area contributed by atoms with Gasteiger partial charge >= 0.3 is 0 Å². The zero-order valence-electron chi connectivity index (χ0n) is 18.7. The number of nitrogens with zero attached hydrogens (tertiary/aromatic N) is 3. The standard InChI is InChI=1S/C27H25N3O3/c1-4-15-33-23-13-14-26-24(16-23)27(21-11-9-20(10-12-21)19(2)3)28-18-29(26)17-22-7-5-6-8-25(22)30(31)32/h1,5-14,16,19H,15,17-18H2,2-3H3. The van der Waals surface area contributed by atoms with E-state index in [0.717, 1.165) is 22.5 Å². The van der Waals surface area contributed by atoms with Crippen LogP contribution in [-0.4, -0.2) is 23.9 Å². The maximum atomic E-state index is 11.5. The summed E-state index contributed by atoms with van der Waals surface area (Å²) < 4.78 is 5.66. The first-order valence-electron chi connectivity index (χ1n) is 10.8. The first-order chi connectivity index (χ1) is 16.0. The van der Waals surface area contributed by atoms with Gasteiger partial charge in [0.1, 0.15) is 19.0 Å². The lowest BCUT2D eigenvalue weighted by molar-refractivity contribution is -0.385. The van der Waals surface area contributed by atoms with Gasteiger partial charge in [-0.25, -0.2) is 0 Å². The molecule has 0 aliphatic carbocycles. The number of ether oxygens (including phenoxy) is 1. The Morgan fingerprint density at radius 3 is 2.61 bits per heavy atom. The monoisotopic (exact) mass is 439 g/mol. The molecular formula is C27H25N3O3. The Morgan fingerprint density at radius 2 is 1.91 bits per heavy atom. The topological polar surface area (TPSA) is 68.0 Å². The lowest BCUT2D eigenvalue weighted by Crippen LogP contribution is -2.30. The Balaban J connectivity index is 1.73. The molecule has 4 rings (SSSR count). The van der Waals surface area contributed by atoms with Crippen LogP contribution < -0.4 is 9.64 Å². The van der Waals surface area contributed by atoms with Gasteiger partial charge in [-0.3, -0.25) is 15.1 Å². The highest BCUT2D eigenvalue weighted by Crippen LogP contribution is 2.33. The van der Waals surface area contributed by atoms with E-state index in [-0.39, 0.29) is 17.2 Å². The van der Waals surface area contributed by atoms with Crippen molar-refractivity contribution in [2.45, 2.75) is 26.3 Å². The van der Waals surface area contributed by atoms with E-state index in [2.05, 4.69) is 44.0 Å². The summed E-state index contributed by atoms with van der Waals surface area (Å²) in [6.07, 6.45) is 5.36. The average molecular weight is 440 g/mol. The smallest absolute Gasteiger partial charge is 0.274 e. The molecule has 166 valence electrons. The number of nitro groups is 1. The van der Waals surface area contributed by atoms with Crippen molar-refractivity contribution in [1.29, 1.82) is 0 Å². The maximum Gasteiger partial charge on any atom is 0.274 e. The lowest BCUT2D eigenvalue weighted by atomic mass is 9.95. The van der Waals surface area contributed by atoms with Crippen molar-refractivity contribution in [3.8, 4) is 18.1 Å². The molecule has 0 spiro atoms. The molecule has 0 amide bonds. The van der Waals surface area contributed by atoms with Crippen molar-refractivity contribution in [2.24, 2.45) is 4.99 Å². The minimum absolute atomic E-state index is 0.104. The average Bonchev–Trinajstić information content (AvgIpc) is 2.83. The van der Waals surface area contributed by atoms with Crippen molar-refractivity contribution < 1.29 is 9.66 Å². The van der Waals surface area contributed by atoms with Crippen LogP contribution in [0.2, 0.25) is 0 Å². The number of benzene rings is 3. The Morgan fingerprint density at radius 1 is 1.15 bits per heavy atom. The molecule has 0 bridgehead atoms. The van der Waals surface area contributed by atoms with Gasteiger partial charge in [0.15, 0.2) is 0 Å². The third-order valence-electron chi connectivity index (χ3n) is 5.69. The van der Waals surface area contributed by atoms with Crippen LogP contribution in [0.4, 0.5) is 11.4 Å². The molecule has 33 heavy (non-hydrogen) atoms. The molecule has 0 unspecified atom stereocenters. The molecule has 0 aromatic heterocycles. The fraction of sp³-hybridized carbons (Fsp3) is 0.222. The van der Waals surface area contributed by atoms with Crippen LogP contribution >= 0.6 is 0 Å². The lowest BCUT2D eigenvalue weighted by Gasteiger charge is -2.30. The quantitative estimate of drug-likeness (QED) is 0.275. The molecule has 0 saturated carbocycles. The van der Waals surface area contributed by atoms with Crippen LogP contribution in [0, 0.1) is 22.5 Å². The molecule has 3 aromatic rings. The molecule has 1 heterocycles. The number of para-hydroxylation sites is 1. The third-order valence-corrected chi connectivity index (χ3v) is 5.69. The van der Waals surface area contributed by atoms with Crippen LogP contribution in [0.15, 0.2) is 71.7 Å². The number of hydrogen-bond donors (Lipinski definition) is 0. The largest absolute Gasteiger partial charge is 0.481 e. The second kappa shape index (κ2) is 9.58. The van der Waals surface area contributed by atoms with E-state index in [1.165, 1.54) is 11.6 Å². The van der Waals surface area contributed by atoms with Crippen LogP contribution in [0.25, 0.3) is 0 Å². The second-order valence-corrected chi connectivity index (χ2v) is 8.18. The van der Waals surface area contributed by atoms with Crippen molar-refractivity contribution in [3.05, 3.63) is 99.1 Å². The van der Waals surface area contributed by atoms with Gasteiger partial charge in [0, 0.05) is 28.4 Å². The van der Waals surface area contributed by atoms with E-state index in [4.69, 9.17) is 16.2 Å².